The second kappa shape index (κ2) is 17.7. The number of piperazine rings is 1. The fourth-order valence-electron chi connectivity index (χ4n) is 7.27. The maximum Gasteiger partial charge on any atom is 0.262 e. The molecule has 1 atom stereocenters. The minimum atomic E-state index is -0.992. The number of aromatic nitrogens is 1. The van der Waals surface area contributed by atoms with E-state index < -0.39 is 29.7 Å². The van der Waals surface area contributed by atoms with Gasteiger partial charge in [0, 0.05) is 73.2 Å². The van der Waals surface area contributed by atoms with E-state index in [4.69, 9.17) is 5.41 Å². The lowest BCUT2D eigenvalue weighted by atomic mass is 10.0. The monoisotopic (exact) mass is 787 g/mol. The van der Waals surface area contributed by atoms with Crippen LogP contribution in [0, 0.1) is 5.41 Å². The number of hydrogen-bond donors (Lipinski definition) is 5. The Kier molecular flexibility index (Phi) is 12.1. The van der Waals surface area contributed by atoms with Gasteiger partial charge in [0.05, 0.1) is 11.1 Å². The fourth-order valence-corrected chi connectivity index (χ4v) is 7.67. The lowest BCUT2D eigenvalue weighted by molar-refractivity contribution is -0.136. The largest absolute Gasteiger partial charge is 0.385 e. The van der Waals surface area contributed by atoms with Gasteiger partial charge in [-0.1, -0.05) is 24.6 Å². The van der Waals surface area contributed by atoms with Crippen LogP contribution >= 0.6 is 11.8 Å². The number of hydrogen-bond acceptors (Lipinski definition) is 9. The number of anilines is 3. The van der Waals surface area contributed by atoms with Gasteiger partial charge < -0.3 is 25.4 Å². The van der Waals surface area contributed by atoms with Gasteiger partial charge in [-0.25, -0.2) is 0 Å². The van der Waals surface area contributed by atoms with Crippen LogP contribution in [0.3, 0.4) is 0 Å². The Hall–Kier alpha value is -6.22. The third-order valence-corrected chi connectivity index (χ3v) is 11.1. The summed E-state index contributed by atoms with van der Waals surface area (Å²) in [5, 5.41) is 17.0. The summed E-state index contributed by atoms with van der Waals surface area (Å²) in [6.07, 6.45) is 5.17. The van der Waals surface area contributed by atoms with E-state index in [1.807, 2.05) is 53.6 Å². The van der Waals surface area contributed by atoms with Crippen molar-refractivity contribution in [3.63, 3.8) is 0 Å². The summed E-state index contributed by atoms with van der Waals surface area (Å²) in [6.45, 7) is 3.42. The van der Waals surface area contributed by atoms with Crippen LogP contribution in [0.15, 0.2) is 94.8 Å². The number of amides is 5. The van der Waals surface area contributed by atoms with Gasteiger partial charge in [0.15, 0.2) is 0 Å². The molecule has 0 spiro atoms. The van der Waals surface area contributed by atoms with Gasteiger partial charge >= 0.3 is 0 Å². The number of guanidine groups is 1. The van der Waals surface area contributed by atoms with Gasteiger partial charge in [-0.15, -0.1) is 11.8 Å². The highest BCUT2D eigenvalue weighted by Crippen LogP contribution is 2.30. The molecule has 3 aromatic carbocycles. The van der Waals surface area contributed by atoms with Gasteiger partial charge in [-0.2, -0.15) is 4.99 Å². The van der Waals surface area contributed by atoms with E-state index in [1.165, 1.54) is 4.90 Å². The number of unbranched alkanes of at least 4 members (excludes halogenated alkanes) is 2. The van der Waals surface area contributed by atoms with Gasteiger partial charge in [0.1, 0.15) is 11.5 Å². The topological polar surface area (TPSA) is 183 Å². The summed E-state index contributed by atoms with van der Waals surface area (Å²) in [4.78, 5) is 76.9. The average Bonchev–Trinajstić information content (AvgIpc) is 3.47. The Labute approximate surface area is 334 Å². The number of fused-ring (bicyclic) bond motifs is 1. The highest BCUT2D eigenvalue weighted by Gasteiger charge is 2.44. The highest BCUT2D eigenvalue weighted by molar-refractivity contribution is 7.98. The van der Waals surface area contributed by atoms with Gasteiger partial charge in [0.25, 0.3) is 11.8 Å². The summed E-state index contributed by atoms with van der Waals surface area (Å²) in [7, 11) is 0. The SMILES string of the molecule is CSc1ccc(-c2ccc/c(=N/C(=N)Nc3ccc(N4CCN(C(=O)CCCCCNc5ccc6c(c5)C(=O)N(C5CCC(=O)NC5=O)C6=O)CC4)cc3)[nH]2)cc1. The maximum absolute atomic E-state index is 13.1. The Balaban J connectivity index is 0.801. The molecule has 4 aromatic rings. The van der Waals surface area contributed by atoms with Crippen molar-refractivity contribution in [3.8, 4) is 11.3 Å². The molecule has 3 aliphatic heterocycles. The quantitative estimate of drug-likeness (QED) is 0.0430. The number of aromatic amines is 1. The third-order valence-electron chi connectivity index (χ3n) is 10.4. The molecular formula is C42H45N9O5S. The Bertz CT molecular complexity index is 2250. The molecule has 2 fully saturated rings. The van der Waals surface area contributed by atoms with E-state index in [0.717, 1.165) is 59.9 Å². The molecule has 0 aliphatic carbocycles. The van der Waals surface area contributed by atoms with Crippen LogP contribution in [0.1, 0.15) is 59.2 Å². The molecule has 3 aliphatic rings. The number of nitrogens with zero attached hydrogens (tertiary/aromatic N) is 4. The second-order valence-corrected chi connectivity index (χ2v) is 15.0. The number of imide groups is 2. The predicted octanol–water partition coefficient (Wildman–Crippen LogP) is 5.07. The van der Waals surface area contributed by atoms with Crippen LogP contribution in [0.4, 0.5) is 17.1 Å². The Morgan fingerprint density at radius 3 is 2.33 bits per heavy atom. The van der Waals surface area contributed by atoms with E-state index in [1.54, 1.807) is 30.0 Å². The molecule has 5 N–H and O–H groups in total. The zero-order valence-electron chi connectivity index (χ0n) is 31.7. The molecule has 1 unspecified atom stereocenters. The van der Waals surface area contributed by atoms with Crippen molar-refractivity contribution in [2.24, 2.45) is 4.99 Å². The molecule has 0 saturated carbocycles. The minimum absolute atomic E-state index is 0.0226. The predicted molar refractivity (Wildman–Crippen MR) is 220 cm³/mol. The zero-order chi connectivity index (χ0) is 39.9. The van der Waals surface area contributed by atoms with E-state index in [2.05, 4.69) is 55.1 Å². The van der Waals surface area contributed by atoms with Crippen molar-refractivity contribution in [2.45, 2.75) is 49.5 Å². The molecule has 14 nitrogen and oxygen atoms in total. The van der Waals surface area contributed by atoms with Gasteiger partial charge in [0.2, 0.25) is 23.7 Å². The first kappa shape index (κ1) is 39.0. The number of carbonyl (C=O) groups is 5. The molecule has 5 amide bonds. The van der Waals surface area contributed by atoms with Crippen LogP contribution in [0.5, 0.6) is 0 Å². The molecule has 15 heteroatoms. The fraction of sp³-hybridized carbons (Fsp3) is 0.310. The van der Waals surface area contributed by atoms with Crippen molar-refractivity contribution in [2.75, 3.05) is 54.5 Å². The lowest BCUT2D eigenvalue weighted by Gasteiger charge is -2.36. The van der Waals surface area contributed by atoms with Crippen molar-refractivity contribution >= 4 is 64.3 Å². The van der Waals surface area contributed by atoms with E-state index in [0.29, 0.717) is 37.2 Å². The summed E-state index contributed by atoms with van der Waals surface area (Å²) >= 11 is 1.70. The standard InChI is InChI=1S/C42H45N9O5S/c1-57-31-16-9-27(10-17-31)34-6-5-7-36(46-34)47-42(43)45-28-11-14-30(15-12-28)49-22-24-50(25-23-49)38(53)8-3-2-4-21-44-29-13-18-32-33(26-29)41(56)51(40(32)55)35-19-20-37(52)48-39(35)54/h5-7,9-18,26,35,44H,2-4,8,19-25H2,1H3,(H,48,52,54)(H3,43,45,46,47). The number of nitrogens with one attached hydrogen (secondary N) is 5. The van der Waals surface area contributed by atoms with E-state index >= 15 is 0 Å². The van der Waals surface area contributed by atoms with Crippen LogP contribution in [0.25, 0.3) is 11.3 Å². The molecule has 0 bridgehead atoms. The molecule has 7 rings (SSSR count). The molecule has 294 valence electrons. The second-order valence-electron chi connectivity index (χ2n) is 14.1. The highest BCUT2D eigenvalue weighted by atomic mass is 32.2. The minimum Gasteiger partial charge on any atom is -0.385 e. The van der Waals surface area contributed by atoms with Crippen LogP contribution < -0.4 is 26.3 Å². The van der Waals surface area contributed by atoms with Crippen molar-refractivity contribution < 1.29 is 24.0 Å². The maximum atomic E-state index is 13.1. The normalized spacial score (nSPS) is 17.1. The lowest BCUT2D eigenvalue weighted by Crippen LogP contribution is -2.54. The summed E-state index contributed by atoms with van der Waals surface area (Å²) in [5.41, 5.74) is 5.55. The Morgan fingerprint density at radius 1 is 0.860 bits per heavy atom. The van der Waals surface area contributed by atoms with Crippen molar-refractivity contribution in [1.29, 1.82) is 5.41 Å². The first-order valence-electron chi connectivity index (χ1n) is 19.1. The van der Waals surface area contributed by atoms with Crippen molar-refractivity contribution in [1.82, 2.24) is 20.1 Å². The summed E-state index contributed by atoms with van der Waals surface area (Å²) in [5.74, 6) is -1.92. The van der Waals surface area contributed by atoms with Crippen LogP contribution in [-0.2, 0) is 14.4 Å². The molecule has 4 heterocycles. The van der Waals surface area contributed by atoms with Crippen LogP contribution in [0.2, 0.25) is 0 Å². The smallest absolute Gasteiger partial charge is 0.262 e. The summed E-state index contributed by atoms with van der Waals surface area (Å²) < 4.78 is 0. The van der Waals surface area contributed by atoms with Gasteiger partial charge in [-0.05, 0) is 97.8 Å². The zero-order valence-corrected chi connectivity index (χ0v) is 32.5. The molecular weight excluding hydrogens is 743 g/mol. The first-order chi connectivity index (χ1) is 27.7. The Morgan fingerprint density at radius 2 is 1.60 bits per heavy atom. The molecule has 1 aromatic heterocycles. The van der Waals surface area contributed by atoms with Crippen molar-refractivity contribution in [3.05, 3.63) is 102 Å². The summed E-state index contributed by atoms with van der Waals surface area (Å²) in [6, 6.07) is 25.9. The van der Waals surface area contributed by atoms with E-state index in [9.17, 15) is 24.0 Å². The third kappa shape index (κ3) is 9.26. The number of piperidine rings is 1. The number of thioether (sulfide) groups is 1. The first-order valence-corrected chi connectivity index (χ1v) is 20.4. The average molecular weight is 788 g/mol. The number of carbonyl (C=O) groups excluding carboxylic acids is 5. The molecule has 0 radical (unpaired) electrons. The number of pyridine rings is 1. The van der Waals surface area contributed by atoms with Crippen LogP contribution in [-0.4, -0.2) is 95.3 Å². The van der Waals surface area contributed by atoms with E-state index in [-0.39, 0.29) is 35.8 Å². The number of H-pyrrole nitrogens is 1. The molecule has 57 heavy (non-hydrogen) atoms. The number of benzene rings is 3. The molecule has 2 saturated heterocycles. The van der Waals surface area contributed by atoms with Gasteiger partial charge in [-0.3, -0.25) is 39.6 Å². The number of rotatable bonds is 12.